The molecule has 0 saturated carbocycles. The monoisotopic (exact) mass is 305 g/mol. The Morgan fingerprint density at radius 1 is 1.50 bits per heavy atom. The molecular formula is C12H12BrN5. The van der Waals surface area contributed by atoms with Gasteiger partial charge in [-0.25, -0.2) is 4.98 Å². The molecule has 0 atom stereocenters. The molecule has 2 rings (SSSR count). The molecular weight excluding hydrogens is 294 g/mol. The summed E-state index contributed by atoms with van der Waals surface area (Å²) in [6.07, 6.45) is 1.52. The van der Waals surface area contributed by atoms with E-state index in [-0.39, 0.29) is 0 Å². The lowest BCUT2D eigenvalue weighted by Gasteiger charge is -2.19. The second kappa shape index (κ2) is 5.19. The Morgan fingerprint density at radius 2 is 2.28 bits per heavy atom. The fraction of sp³-hybridized carbons (Fsp3) is 0.250. The zero-order valence-electron chi connectivity index (χ0n) is 10.1. The number of aryl methyl sites for hydroxylation is 1. The van der Waals surface area contributed by atoms with E-state index >= 15 is 0 Å². The highest BCUT2D eigenvalue weighted by atomic mass is 79.9. The molecule has 0 amide bonds. The number of benzene rings is 1. The molecule has 6 heteroatoms. The van der Waals surface area contributed by atoms with Crippen molar-refractivity contribution in [1.29, 1.82) is 5.26 Å². The Kier molecular flexibility index (Phi) is 3.63. The van der Waals surface area contributed by atoms with E-state index in [0.717, 1.165) is 16.0 Å². The highest BCUT2D eigenvalue weighted by Crippen LogP contribution is 2.23. The molecule has 0 spiro atoms. The van der Waals surface area contributed by atoms with Gasteiger partial charge in [-0.15, -0.1) is 0 Å². The van der Waals surface area contributed by atoms with Crippen LogP contribution in [0.2, 0.25) is 0 Å². The van der Waals surface area contributed by atoms with E-state index in [1.54, 1.807) is 4.68 Å². The number of nitrogens with zero attached hydrogens (tertiary/aromatic N) is 5. The van der Waals surface area contributed by atoms with Gasteiger partial charge in [0.15, 0.2) is 0 Å². The van der Waals surface area contributed by atoms with E-state index in [2.05, 4.69) is 32.1 Å². The van der Waals surface area contributed by atoms with Crippen molar-refractivity contribution >= 4 is 21.6 Å². The highest BCUT2D eigenvalue weighted by molar-refractivity contribution is 9.10. The van der Waals surface area contributed by atoms with Gasteiger partial charge in [-0.3, -0.25) is 4.68 Å². The normalized spacial score (nSPS) is 10.1. The van der Waals surface area contributed by atoms with E-state index in [0.29, 0.717) is 12.1 Å². The van der Waals surface area contributed by atoms with Gasteiger partial charge in [0.2, 0.25) is 0 Å². The van der Waals surface area contributed by atoms with Gasteiger partial charge in [0, 0.05) is 18.6 Å². The maximum absolute atomic E-state index is 9.14. The van der Waals surface area contributed by atoms with Crippen molar-refractivity contribution < 1.29 is 0 Å². The summed E-state index contributed by atoms with van der Waals surface area (Å²) in [6, 6.07) is 7.84. The van der Waals surface area contributed by atoms with Crippen LogP contribution in [0.15, 0.2) is 29.0 Å². The molecule has 0 aliphatic heterocycles. The average molecular weight is 306 g/mol. The van der Waals surface area contributed by atoms with Gasteiger partial charge in [0.05, 0.1) is 17.8 Å². The molecule has 92 valence electrons. The van der Waals surface area contributed by atoms with Crippen molar-refractivity contribution in [2.75, 3.05) is 11.9 Å². The van der Waals surface area contributed by atoms with E-state index in [9.17, 15) is 0 Å². The van der Waals surface area contributed by atoms with Crippen LogP contribution in [0.3, 0.4) is 0 Å². The van der Waals surface area contributed by atoms with Crippen molar-refractivity contribution in [2.45, 2.75) is 6.54 Å². The van der Waals surface area contributed by atoms with Crippen molar-refractivity contribution in [3.05, 3.63) is 40.4 Å². The summed E-state index contributed by atoms with van der Waals surface area (Å²) in [5.41, 5.74) is 1.51. The summed E-state index contributed by atoms with van der Waals surface area (Å²) in [5.74, 6) is 0.851. The fourth-order valence-electron chi connectivity index (χ4n) is 1.69. The lowest BCUT2D eigenvalue weighted by Crippen LogP contribution is -2.20. The minimum atomic E-state index is 0.604. The summed E-state index contributed by atoms with van der Waals surface area (Å²) in [6.45, 7) is 0.604. The first-order chi connectivity index (χ1) is 8.61. The van der Waals surface area contributed by atoms with E-state index in [1.807, 2.05) is 37.2 Å². The summed E-state index contributed by atoms with van der Waals surface area (Å²) < 4.78 is 2.62. The minimum absolute atomic E-state index is 0.604. The minimum Gasteiger partial charge on any atom is -0.366 e. The van der Waals surface area contributed by atoms with Crippen LogP contribution >= 0.6 is 15.9 Å². The zero-order valence-corrected chi connectivity index (χ0v) is 11.7. The number of nitriles is 1. The average Bonchev–Trinajstić information content (AvgIpc) is 2.74. The molecule has 0 fully saturated rings. The molecule has 1 aromatic heterocycles. The molecule has 0 radical (unpaired) electrons. The molecule has 0 aliphatic rings. The fourth-order valence-corrected chi connectivity index (χ4v) is 2.05. The molecule has 0 N–H and O–H groups in total. The van der Waals surface area contributed by atoms with Gasteiger partial charge in [-0.1, -0.05) is 15.9 Å². The summed E-state index contributed by atoms with van der Waals surface area (Å²) in [7, 11) is 3.78. The smallest absolute Gasteiger partial charge is 0.146 e. The molecule has 18 heavy (non-hydrogen) atoms. The van der Waals surface area contributed by atoms with Crippen LogP contribution in [0.4, 0.5) is 5.69 Å². The first kappa shape index (κ1) is 12.6. The van der Waals surface area contributed by atoms with Crippen molar-refractivity contribution in [2.24, 2.45) is 7.05 Å². The molecule has 0 aliphatic carbocycles. The number of anilines is 1. The predicted molar refractivity (Wildman–Crippen MR) is 72.0 cm³/mol. The molecule has 2 aromatic rings. The Hall–Kier alpha value is -1.87. The third-order valence-corrected chi connectivity index (χ3v) is 3.17. The molecule has 1 heterocycles. The van der Waals surface area contributed by atoms with Crippen LogP contribution in [0.5, 0.6) is 0 Å². The van der Waals surface area contributed by atoms with Gasteiger partial charge in [0.25, 0.3) is 0 Å². The van der Waals surface area contributed by atoms with Crippen molar-refractivity contribution in [3.63, 3.8) is 0 Å². The lowest BCUT2D eigenvalue weighted by atomic mass is 10.2. The third kappa shape index (κ3) is 2.51. The Bertz CT molecular complexity index is 599. The maximum atomic E-state index is 9.14. The maximum Gasteiger partial charge on any atom is 0.146 e. The largest absolute Gasteiger partial charge is 0.366 e. The van der Waals surface area contributed by atoms with Gasteiger partial charge in [0.1, 0.15) is 18.2 Å². The second-order valence-electron chi connectivity index (χ2n) is 3.93. The van der Waals surface area contributed by atoms with Gasteiger partial charge in [-0.2, -0.15) is 10.4 Å². The van der Waals surface area contributed by atoms with E-state index in [1.165, 1.54) is 6.33 Å². The first-order valence-electron chi connectivity index (χ1n) is 5.35. The van der Waals surface area contributed by atoms with Crippen LogP contribution < -0.4 is 4.90 Å². The standard InChI is InChI=1S/C12H12BrN5/c1-17(7-12-15-8-16-18(12)2)11-4-3-10(13)5-9(11)6-14/h3-5,8H,7H2,1-2H3. The quantitative estimate of drug-likeness (QED) is 0.871. The number of halogens is 1. The second-order valence-corrected chi connectivity index (χ2v) is 4.84. The van der Waals surface area contributed by atoms with E-state index in [4.69, 9.17) is 5.26 Å². The Balaban J connectivity index is 2.27. The molecule has 0 unspecified atom stereocenters. The summed E-state index contributed by atoms with van der Waals surface area (Å²) in [4.78, 5) is 6.15. The molecule has 0 bridgehead atoms. The Labute approximate surface area is 114 Å². The van der Waals surface area contributed by atoms with Crippen molar-refractivity contribution in [1.82, 2.24) is 14.8 Å². The van der Waals surface area contributed by atoms with Crippen LogP contribution in [-0.4, -0.2) is 21.8 Å². The van der Waals surface area contributed by atoms with Crippen LogP contribution in [0.25, 0.3) is 0 Å². The topological polar surface area (TPSA) is 57.7 Å². The van der Waals surface area contributed by atoms with Gasteiger partial charge >= 0.3 is 0 Å². The molecule has 5 nitrogen and oxygen atoms in total. The molecule has 0 saturated heterocycles. The summed E-state index contributed by atoms with van der Waals surface area (Å²) >= 11 is 3.36. The van der Waals surface area contributed by atoms with Gasteiger partial charge < -0.3 is 4.90 Å². The van der Waals surface area contributed by atoms with E-state index < -0.39 is 0 Å². The van der Waals surface area contributed by atoms with Crippen LogP contribution in [0.1, 0.15) is 11.4 Å². The predicted octanol–water partition coefficient (Wildman–Crippen LogP) is 2.09. The zero-order chi connectivity index (χ0) is 13.1. The summed E-state index contributed by atoms with van der Waals surface area (Å²) in [5, 5.41) is 13.2. The van der Waals surface area contributed by atoms with Crippen LogP contribution in [-0.2, 0) is 13.6 Å². The molecule has 1 aromatic carbocycles. The lowest BCUT2D eigenvalue weighted by molar-refractivity contribution is 0.688. The van der Waals surface area contributed by atoms with Crippen molar-refractivity contribution in [3.8, 4) is 6.07 Å². The number of aromatic nitrogens is 3. The highest BCUT2D eigenvalue weighted by Gasteiger charge is 2.10. The third-order valence-electron chi connectivity index (χ3n) is 2.67. The number of rotatable bonds is 3. The van der Waals surface area contributed by atoms with Gasteiger partial charge in [-0.05, 0) is 18.2 Å². The SMILES string of the molecule is CN(Cc1ncnn1C)c1ccc(Br)cc1C#N. The van der Waals surface area contributed by atoms with Crippen LogP contribution in [0, 0.1) is 11.3 Å². The number of hydrogen-bond acceptors (Lipinski definition) is 4. The number of hydrogen-bond donors (Lipinski definition) is 0. The first-order valence-corrected chi connectivity index (χ1v) is 6.15. The Morgan fingerprint density at radius 3 is 2.89 bits per heavy atom.